The molecule has 0 bridgehead atoms. The van der Waals surface area contributed by atoms with Crippen molar-refractivity contribution >= 4 is 0 Å². The van der Waals surface area contributed by atoms with E-state index in [9.17, 15) is 0 Å². The summed E-state index contributed by atoms with van der Waals surface area (Å²) >= 11 is 0. The van der Waals surface area contributed by atoms with E-state index < -0.39 is 0 Å². The highest BCUT2D eigenvalue weighted by atomic mass is 16.6. The van der Waals surface area contributed by atoms with E-state index >= 15 is 0 Å². The predicted octanol–water partition coefficient (Wildman–Crippen LogP) is 4.73. The van der Waals surface area contributed by atoms with E-state index in [1.54, 1.807) is 0 Å². The minimum atomic E-state index is 0.411. The van der Waals surface area contributed by atoms with E-state index in [0.717, 1.165) is 32.5 Å². The van der Waals surface area contributed by atoms with Crippen molar-refractivity contribution in [2.45, 2.75) is 90.1 Å². The summed E-state index contributed by atoms with van der Waals surface area (Å²) in [5, 5.41) is 3.34. The molecule has 1 rings (SSSR count). The molecule has 1 N–H and O–H groups in total. The average Bonchev–Trinajstić information content (AvgIpc) is 2.73. The van der Waals surface area contributed by atoms with E-state index in [2.05, 4.69) is 12.2 Å². The van der Waals surface area contributed by atoms with Crippen LogP contribution in [0.4, 0.5) is 0 Å². The maximum Gasteiger partial charge on any atom is 0.0704 e. The molecule has 0 radical (unpaired) electrons. The minimum absolute atomic E-state index is 0.411. The molecule has 168 valence electrons. The van der Waals surface area contributed by atoms with Gasteiger partial charge in [0.15, 0.2) is 0 Å². The summed E-state index contributed by atoms with van der Waals surface area (Å²) in [6.07, 6.45) is 16.3. The van der Waals surface area contributed by atoms with Gasteiger partial charge in [-0.25, -0.2) is 0 Å². The Morgan fingerprint density at radius 1 is 0.571 bits per heavy atom. The smallest absolute Gasteiger partial charge is 0.0704 e. The standard InChI is InChI=1S/C23H47NO4/c1-2-3-4-5-6-7-8-9-10-11-16-25-17-18-26-19-20-27-21-22-28-23-12-14-24-15-13-23/h23-24H,2-22H2,1H3. The summed E-state index contributed by atoms with van der Waals surface area (Å²) in [7, 11) is 0. The van der Waals surface area contributed by atoms with Crippen LogP contribution in [0.1, 0.15) is 84.0 Å². The van der Waals surface area contributed by atoms with Gasteiger partial charge in [-0.15, -0.1) is 0 Å². The van der Waals surface area contributed by atoms with Gasteiger partial charge in [0.1, 0.15) is 0 Å². The molecule has 1 fully saturated rings. The van der Waals surface area contributed by atoms with Crippen LogP contribution < -0.4 is 5.32 Å². The van der Waals surface area contributed by atoms with Crippen LogP contribution in [0.25, 0.3) is 0 Å². The van der Waals surface area contributed by atoms with Crippen molar-refractivity contribution in [2.24, 2.45) is 0 Å². The van der Waals surface area contributed by atoms with Crippen molar-refractivity contribution in [3.8, 4) is 0 Å². The second-order valence-corrected chi connectivity index (χ2v) is 7.84. The second-order valence-electron chi connectivity index (χ2n) is 7.84. The van der Waals surface area contributed by atoms with Gasteiger partial charge in [-0.2, -0.15) is 0 Å². The molecule has 28 heavy (non-hydrogen) atoms. The zero-order chi connectivity index (χ0) is 20.0. The Kier molecular flexibility index (Phi) is 19.8. The normalized spacial score (nSPS) is 15.3. The fourth-order valence-electron chi connectivity index (χ4n) is 3.47. The van der Waals surface area contributed by atoms with Crippen molar-refractivity contribution in [3.05, 3.63) is 0 Å². The Bertz CT molecular complexity index is 298. The summed E-state index contributed by atoms with van der Waals surface area (Å²) in [6, 6.07) is 0. The first-order chi connectivity index (χ1) is 13.9. The lowest BCUT2D eigenvalue weighted by molar-refractivity contribution is -0.0252. The second kappa shape index (κ2) is 21.5. The first kappa shape index (κ1) is 25.8. The summed E-state index contributed by atoms with van der Waals surface area (Å²) in [4.78, 5) is 0. The van der Waals surface area contributed by atoms with Gasteiger partial charge >= 0.3 is 0 Å². The fraction of sp³-hybridized carbons (Fsp3) is 1.00. The Hall–Kier alpha value is -0.200. The number of hydrogen-bond acceptors (Lipinski definition) is 5. The molecule has 0 saturated carbocycles. The van der Waals surface area contributed by atoms with Gasteiger partial charge < -0.3 is 24.3 Å². The van der Waals surface area contributed by atoms with Crippen molar-refractivity contribution in [2.75, 3.05) is 59.3 Å². The van der Waals surface area contributed by atoms with Crippen LogP contribution in [-0.4, -0.2) is 65.4 Å². The molecule has 5 nitrogen and oxygen atoms in total. The highest BCUT2D eigenvalue weighted by molar-refractivity contribution is 4.67. The van der Waals surface area contributed by atoms with Crippen LogP contribution in [0.3, 0.4) is 0 Å². The number of ether oxygens (including phenoxy) is 4. The Morgan fingerprint density at radius 2 is 1.04 bits per heavy atom. The van der Waals surface area contributed by atoms with Crippen LogP contribution in [0.5, 0.6) is 0 Å². The zero-order valence-electron chi connectivity index (χ0n) is 18.6. The van der Waals surface area contributed by atoms with Crippen molar-refractivity contribution in [1.29, 1.82) is 0 Å². The van der Waals surface area contributed by atoms with Crippen molar-refractivity contribution < 1.29 is 18.9 Å². The zero-order valence-corrected chi connectivity index (χ0v) is 18.6. The van der Waals surface area contributed by atoms with E-state index in [1.807, 2.05) is 0 Å². The number of unbranched alkanes of at least 4 members (excludes halogenated alkanes) is 9. The number of nitrogens with one attached hydrogen (secondary N) is 1. The molecule has 1 saturated heterocycles. The van der Waals surface area contributed by atoms with E-state index in [1.165, 1.54) is 64.2 Å². The van der Waals surface area contributed by atoms with E-state index in [0.29, 0.717) is 45.7 Å². The maximum absolute atomic E-state index is 5.79. The van der Waals surface area contributed by atoms with Gasteiger partial charge in [0.05, 0.1) is 45.7 Å². The quantitative estimate of drug-likeness (QED) is 0.282. The van der Waals surface area contributed by atoms with Gasteiger partial charge in [0, 0.05) is 6.61 Å². The molecule has 0 aliphatic carbocycles. The van der Waals surface area contributed by atoms with Crippen LogP contribution in [0.15, 0.2) is 0 Å². The highest BCUT2D eigenvalue weighted by Gasteiger charge is 2.12. The third kappa shape index (κ3) is 17.9. The number of piperidine rings is 1. The summed E-state index contributed by atoms with van der Waals surface area (Å²) < 4.78 is 22.5. The monoisotopic (exact) mass is 401 g/mol. The largest absolute Gasteiger partial charge is 0.379 e. The van der Waals surface area contributed by atoms with Crippen LogP contribution in [0.2, 0.25) is 0 Å². The molecule has 5 heteroatoms. The lowest BCUT2D eigenvalue weighted by atomic mass is 10.1. The number of rotatable bonds is 21. The molecule has 0 aromatic heterocycles. The molecule has 1 aliphatic heterocycles. The molecule has 0 aromatic rings. The molecular weight excluding hydrogens is 354 g/mol. The Labute approximate surface area is 174 Å². The van der Waals surface area contributed by atoms with E-state index in [4.69, 9.17) is 18.9 Å². The fourth-order valence-corrected chi connectivity index (χ4v) is 3.47. The van der Waals surface area contributed by atoms with Gasteiger partial charge in [-0.3, -0.25) is 0 Å². The molecule has 0 spiro atoms. The SMILES string of the molecule is CCCCCCCCCCCCOCCOCCOCCOC1CCNCC1. The first-order valence-electron chi connectivity index (χ1n) is 12.0. The average molecular weight is 402 g/mol. The predicted molar refractivity (Wildman–Crippen MR) is 116 cm³/mol. The molecule has 1 heterocycles. The molecule has 0 aromatic carbocycles. The molecule has 0 atom stereocenters. The van der Waals surface area contributed by atoms with Crippen LogP contribution >= 0.6 is 0 Å². The maximum atomic E-state index is 5.79. The number of hydrogen-bond donors (Lipinski definition) is 1. The summed E-state index contributed by atoms with van der Waals surface area (Å²) in [5.74, 6) is 0. The minimum Gasteiger partial charge on any atom is -0.379 e. The third-order valence-electron chi connectivity index (χ3n) is 5.25. The van der Waals surface area contributed by atoms with Crippen molar-refractivity contribution in [1.82, 2.24) is 5.32 Å². The van der Waals surface area contributed by atoms with Crippen LogP contribution in [-0.2, 0) is 18.9 Å². The van der Waals surface area contributed by atoms with Gasteiger partial charge in [-0.05, 0) is 32.4 Å². The third-order valence-corrected chi connectivity index (χ3v) is 5.25. The van der Waals surface area contributed by atoms with Crippen molar-refractivity contribution in [3.63, 3.8) is 0 Å². The first-order valence-corrected chi connectivity index (χ1v) is 12.0. The summed E-state index contributed by atoms with van der Waals surface area (Å²) in [5.41, 5.74) is 0. The van der Waals surface area contributed by atoms with Gasteiger partial charge in [0.2, 0.25) is 0 Å². The topological polar surface area (TPSA) is 49.0 Å². The lowest BCUT2D eigenvalue weighted by Gasteiger charge is -2.22. The molecule has 0 unspecified atom stereocenters. The summed E-state index contributed by atoms with van der Waals surface area (Å²) in [6.45, 7) is 9.24. The van der Waals surface area contributed by atoms with Gasteiger partial charge in [0.25, 0.3) is 0 Å². The molecule has 1 aliphatic rings. The van der Waals surface area contributed by atoms with E-state index in [-0.39, 0.29) is 0 Å². The van der Waals surface area contributed by atoms with Gasteiger partial charge in [-0.1, -0.05) is 64.7 Å². The Morgan fingerprint density at radius 3 is 1.61 bits per heavy atom. The Balaban J connectivity index is 1.64. The molecular formula is C23H47NO4. The lowest BCUT2D eigenvalue weighted by Crippen LogP contribution is -2.33. The molecule has 0 amide bonds. The highest BCUT2D eigenvalue weighted by Crippen LogP contribution is 2.10. The van der Waals surface area contributed by atoms with Crippen LogP contribution in [0, 0.1) is 0 Å².